The van der Waals surface area contributed by atoms with Crippen LogP contribution in [0, 0.1) is 0 Å². The molecule has 0 atom stereocenters. The maximum absolute atomic E-state index is 6.76. The number of para-hydroxylation sites is 5. The molecule has 2 aliphatic carbocycles. The first-order chi connectivity index (χ1) is 37.2. The van der Waals surface area contributed by atoms with Crippen molar-refractivity contribution in [1.82, 2.24) is 0 Å². The predicted octanol–water partition coefficient (Wildman–Crippen LogP) is 18.6. The molecule has 3 heteroatoms. The summed E-state index contributed by atoms with van der Waals surface area (Å²) in [7, 11) is 0. The molecule has 12 aromatic rings. The van der Waals surface area contributed by atoms with E-state index in [1.165, 1.54) is 61.0 Å². The Balaban J connectivity index is 0.956. The van der Waals surface area contributed by atoms with Crippen LogP contribution in [0.2, 0.25) is 0 Å². The summed E-state index contributed by atoms with van der Waals surface area (Å²) in [5.74, 6) is 3.54. The highest BCUT2D eigenvalue weighted by Crippen LogP contribution is 2.66. The van der Waals surface area contributed by atoms with Crippen molar-refractivity contribution >= 4 is 27.8 Å². The lowest BCUT2D eigenvalue weighted by atomic mass is 9.66. The fraction of sp³-hybridized carbons (Fsp3) is 0.0278. The third-order valence-electron chi connectivity index (χ3n) is 16.6. The molecule has 2 aliphatic heterocycles. The van der Waals surface area contributed by atoms with Crippen molar-refractivity contribution in [3.05, 3.63) is 317 Å². The molecule has 4 aliphatic rings. The van der Waals surface area contributed by atoms with Gasteiger partial charge in [0.2, 0.25) is 0 Å². The molecule has 3 nitrogen and oxygen atoms in total. The van der Waals surface area contributed by atoms with Crippen LogP contribution in [0.4, 0.5) is 17.1 Å². The van der Waals surface area contributed by atoms with Crippen LogP contribution in [0.15, 0.2) is 273 Å². The Labute approximate surface area is 435 Å². The molecule has 350 valence electrons. The molecule has 0 fully saturated rings. The molecule has 0 saturated carbocycles. The molecule has 0 unspecified atom stereocenters. The summed E-state index contributed by atoms with van der Waals surface area (Å²) >= 11 is 0. The molecule has 0 aromatic heterocycles. The van der Waals surface area contributed by atoms with Gasteiger partial charge in [-0.05, 0) is 115 Å². The summed E-state index contributed by atoms with van der Waals surface area (Å²) in [5.41, 5.74) is 21.3. The Morgan fingerprint density at radius 3 is 1.28 bits per heavy atom. The quantitative estimate of drug-likeness (QED) is 0.172. The van der Waals surface area contributed by atoms with E-state index in [4.69, 9.17) is 9.47 Å². The van der Waals surface area contributed by atoms with E-state index in [0.717, 1.165) is 78.8 Å². The van der Waals surface area contributed by atoms with Gasteiger partial charge in [-0.15, -0.1) is 0 Å². The Morgan fingerprint density at radius 1 is 0.267 bits per heavy atom. The lowest BCUT2D eigenvalue weighted by Crippen LogP contribution is -2.32. The highest BCUT2D eigenvalue weighted by atomic mass is 16.5. The molecule has 0 bridgehead atoms. The number of ether oxygens (including phenoxy) is 2. The molecule has 2 spiro atoms. The van der Waals surface area contributed by atoms with Gasteiger partial charge in [0.25, 0.3) is 0 Å². The maximum Gasteiger partial charge on any atom is 0.132 e. The van der Waals surface area contributed by atoms with Crippen molar-refractivity contribution < 1.29 is 9.47 Å². The molecule has 2 heterocycles. The van der Waals surface area contributed by atoms with Crippen molar-refractivity contribution in [2.75, 3.05) is 4.90 Å². The molecular weight excluding hydrogens is 911 g/mol. The van der Waals surface area contributed by atoms with Crippen LogP contribution in [0.5, 0.6) is 23.0 Å². The Morgan fingerprint density at radius 2 is 0.693 bits per heavy atom. The van der Waals surface area contributed by atoms with E-state index in [1.807, 2.05) is 0 Å². The van der Waals surface area contributed by atoms with Crippen LogP contribution in [0.3, 0.4) is 0 Å². The molecule has 0 saturated heterocycles. The number of rotatable bonds is 5. The molecule has 16 rings (SSSR count). The zero-order valence-electron chi connectivity index (χ0n) is 40.7. The van der Waals surface area contributed by atoms with Crippen molar-refractivity contribution in [1.29, 1.82) is 0 Å². The molecule has 12 aromatic carbocycles. The van der Waals surface area contributed by atoms with Crippen LogP contribution in [-0.2, 0) is 10.8 Å². The topological polar surface area (TPSA) is 21.7 Å². The predicted molar refractivity (Wildman–Crippen MR) is 304 cm³/mol. The number of fused-ring (bicyclic) bond motifs is 20. The van der Waals surface area contributed by atoms with Crippen LogP contribution >= 0.6 is 0 Å². The summed E-state index contributed by atoms with van der Waals surface area (Å²) in [6, 6.07) is 100.0. The van der Waals surface area contributed by atoms with Gasteiger partial charge in [0.1, 0.15) is 23.0 Å². The largest absolute Gasteiger partial charge is 0.457 e. The maximum atomic E-state index is 6.76. The fourth-order valence-corrected chi connectivity index (χ4v) is 13.7. The van der Waals surface area contributed by atoms with E-state index in [-0.39, 0.29) is 0 Å². The third-order valence-corrected chi connectivity index (χ3v) is 16.6. The second-order valence-electron chi connectivity index (χ2n) is 20.2. The van der Waals surface area contributed by atoms with Crippen molar-refractivity contribution in [3.8, 4) is 67.5 Å². The van der Waals surface area contributed by atoms with Gasteiger partial charge in [-0.2, -0.15) is 0 Å². The van der Waals surface area contributed by atoms with Gasteiger partial charge in [0.05, 0.1) is 22.2 Å². The van der Waals surface area contributed by atoms with Gasteiger partial charge in [-0.3, -0.25) is 0 Å². The average molecular weight is 956 g/mol. The number of benzene rings is 12. The Kier molecular flexibility index (Phi) is 8.88. The van der Waals surface area contributed by atoms with Gasteiger partial charge in [0.15, 0.2) is 0 Å². The zero-order valence-corrected chi connectivity index (χ0v) is 40.7. The van der Waals surface area contributed by atoms with E-state index in [1.54, 1.807) is 0 Å². The summed E-state index contributed by atoms with van der Waals surface area (Å²) in [6.45, 7) is 0. The van der Waals surface area contributed by atoms with E-state index in [9.17, 15) is 0 Å². The summed E-state index contributed by atoms with van der Waals surface area (Å²) in [6.07, 6.45) is 0. The minimum absolute atomic E-state index is 0.555. The van der Waals surface area contributed by atoms with Gasteiger partial charge in [-0.1, -0.05) is 224 Å². The number of anilines is 3. The van der Waals surface area contributed by atoms with E-state index < -0.39 is 10.8 Å². The standard InChI is InChI=1S/C72H45NO2/c1-2-19-46(20-3-1)47-37-39-48(40-38-47)51-21-6-13-31-63(51)73(64-32-18-30-61-70(64)54-23-5-8-25-56(54)71(61)57-26-9-14-33-65(57)74-66-34-15-10-27-58(66)71)50-42-43-52-49(45-50)41-44-62-69(52)53-22-4-7-24-55(53)72(62)59-28-11-16-35-67(59)75-68-36-17-12-29-60(68)72/h1-45H. The monoisotopic (exact) mass is 955 g/mol. The lowest BCUT2D eigenvalue weighted by molar-refractivity contribution is 0.436. The number of nitrogens with zero attached hydrogens (tertiary/aromatic N) is 1. The lowest BCUT2D eigenvalue weighted by Gasteiger charge is -2.39. The van der Waals surface area contributed by atoms with Gasteiger partial charge < -0.3 is 14.4 Å². The summed E-state index contributed by atoms with van der Waals surface area (Å²) in [4.78, 5) is 2.53. The van der Waals surface area contributed by atoms with Crippen LogP contribution in [0.25, 0.3) is 55.3 Å². The minimum Gasteiger partial charge on any atom is -0.457 e. The van der Waals surface area contributed by atoms with E-state index in [0.29, 0.717) is 0 Å². The highest BCUT2D eigenvalue weighted by molar-refractivity contribution is 6.07. The normalized spacial score (nSPS) is 14.0. The van der Waals surface area contributed by atoms with Crippen LogP contribution in [-0.4, -0.2) is 0 Å². The van der Waals surface area contributed by atoms with E-state index in [2.05, 4.69) is 278 Å². The Hall–Kier alpha value is -9.70. The van der Waals surface area contributed by atoms with Crippen LogP contribution < -0.4 is 14.4 Å². The van der Waals surface area contributed by atoms with Gasteiger partial charge >= 0.3 is 0 Å². The second-order valence-corrected chi connectivity index (χ2v) is 20.2. The first kappa shape index (κ1) is 41.9. The molecular formula is C72H45NO2. The van der Waals surface area contributed by atoms with Crippen molar-refractivity contribution in [2.45, 2.75) is 10.8 Å². The SMILES string of the molecule is c1ccc(-c2ccc(-c3ccccc3N(c3ccc4c5c(ccc4c3)C3(c4ccccc4Oc4ccccc43)c3ccccc3-5)c3cccc4c3-c3ccccc3C43c4ccccc4Oc4ccccc43)cc2)cc1. The smallest absolute Gasteiger partial charge is 0.132 e. The molecule has 0 radical (unpaired) electrons. The van der Waals surface area contributed by atoms with Gasteiger partial charge in [-0.25, -0.2) is 0 Å². The highest BCUT2D eigenvalue weighted by Gasteiger charge is 2.53. The molecule has 0 N–H and O–H groups in total. The van der Waals surface area contributed by atoms with E-state index >= 15 is 0 Å². The number of hydrogen-bond acceptors (Lipinski definition) is 3. The first-order valence-electron chi connectivity index (χ1n) is 25.9. The summed E-state index contributed by atoms with van der Waals surface area (Å²) in [5, 5.41) is 2.38. The number of hydrogen-bond donors (Lipinski definition) is 0. The fourth-order valence-electron chi connectivity index (χ4n) is 13.7. The first-order valence-corrected chi connectivity index (χ1v) is 25.9. The minimum atomic E-state index is -0.624. The molecule has 0 amide bonds. The zero-order chi connectivity index (χ0) is 49.2. The summed E-state index contributed by atoms with van der Waals surface area (Å²) < 4.78 is 13.5. The average Bonchev–Trinajstić information content (AvgIpc) is 4.13. The Bertz CT molecular complexity index is 4230. The van der Waals surface area contributed by atoms with Gasteiger partial charge in [0, 0.05) is 39.1 Å². The van der Waals surface area contributed by atoms with Crippen molar-refractivity contribution in [2.24, 2.45) is 0 Å². The van der Waals surface area contributed by atoms with Crippen LogP contribution in [0.1, 0.15) is 44.5 Å². The second kappa shape index (κ2) is 15.9. The molecule has 75 heavy (non-hydrogen) atoms. The van der Waals surface area contributed by atoms with Crippen molar-refractivity contribution in [3.63, 3.8) is 0 Å². The third kappa shape index (κ3) is 5.70.